The number of ether oxygens (including phenoxy) is 8. The smallest absolute Gasteiger partial charge is 0.321 e. The molecule has 2 aromatic carbocycles. The zero-order valence-electron chi connectivity index (χ0n) is 36.1. The van der Waals surface area contributed by atoms with E-state index in [0.29, 0.717) is 19.3 Å². The van der Waals surface area contributed by atoms with Crippen LogP contribution in [0.25, 0.3) is 0 Å². The van der Waals surface area contributed by atoms with Gasteiger partial charge in [-0.3, -0.25) is 9.59 Å². The van der Waals surface area contributed by atoms with Crippen LogP contribution in [0.5, 0.6) is 0 Å². The number of unbranched alkanes of at least 4 members (excludes halogenated alkanes) is 2. The molecule has 3 heterocycles. The van der Waals surface area contributed by atoms with Gasteiger partial charge < -0.3 is 78.1 Å². The Morgan fingerprint density at radius 2 is 1.24 bits per heavy atom. The fraction of sp³-hybridized carbons (Fsp3) is 0.674. The van der Waals surface area contributed by atoms with Crippen molar-refractivity contribution >= 4 is 42.2 Å². The summed E-state index contributed by atoms with van der Waals surface area (Å²) in [5.74, 6) is -1.96. The van der Waals surface area contributed by atoms with Crippen molar-refractivity contribution < 1.29 is 87.7 Å². The van der Waals surface area contributed by atoms with Crippen LogP contribution < -0.4 is 10.4 Å². The first-order valence-corrected chi connectivity index (χ1v) is 23.6. The van der Waals surface area contributed by atoms with Crippen LogP contribution in [-0.2, 0) is 51.9 Å². The highest BCUT2D eigenvalue weighted by atomic mass is 35.5. The number of hydrogen-bond donors (Lipinski definition) is 7. The zero-order valence-corrected chi connectivity index (χ0v) is 37.8. The van der Waals surface area contributed by atoms with E-state index < -0.39 is 124 Å². The van der Waals surface area contributed by atoms with Gasteiger partial charge in [0, 0.05) is 13.0 Å². The average molecular weight is 931 g/mol. The minimum Gasteiger partial charge on any atom is -0.469 e. The van der Waals surface area contributed by atoms with Crippen LogP contribution >= 0.6 is 11.6 Å². The highest BCUT2D eigenvalue weighted by Crippen LogP contribution is 2.40. The molecular weight excluding hydrogens is 868 g/mol. The fourth-order valence-corrected chi connectivity index (χ4v) is 12.8. The van der Waals surface area contributed by atoms with Gasteiger partial charge in [-0.25, -0.2) is 0 Å². The number of aliphatic hydroxyl groups excluding tert-OH is 7. The van der Waals surface area contributed by atoms with E-state index in [1.807, 2.05) is 60.7 Å². The van der Waals surface area contributed by atoms with Gasteiger partial charge in [0.1, 0.15) is 66.9 Å². The molecule has 63 heavy (non-hydrogen) atoms. The summed E-state index contributed by atoms with van der Waals surface area (Å²) in [5, 5.41) is 76.6. The predicted octanol–water partition coefficient (Wildman–Crippen LogP) is -0.414. The quantitative estimate of drug-likeness (QED) is 0.0409. The van der Waals surface area contributed by atoms with Crippen LogP contribution in [-0.4, -0.2) is 181 Å². The van der Waals surface area contributed by atoms with E-state index in [2.05, 4.69) is 20.8 Å². The molecule has 3 aliphatic rings. The molecule has 15 atom stereocenters. The predicted molar refractivity (Wildman–Crippen MR) is 225 cm³/mol. The maximum absolute atomic E-state index is 13.1. The van der Waals surface area contributed by atoms with Gasteiger partial charge in [-0.15, -0.1) is 11.6 Å². The van der Waals surface area contributed by atoms with Crippen LogP contribution in [0, 0.1) is 0 Å². The van der Waals surface area contributed by atoms with Crippen molar-refractivity contribution in [2.75, 3.05) is 32.8 Å². The number of alkyl halides is 1. The molecule has 7 N–H and O–H groups in total. The van der Waals surface area contributed by atoms with Crippen LogP contribution in [0.2, 0.25) is 5.04 Å². The van der Waals surface area contributed by atoms with E-state index in [0.717, 1.165) is 10.4 Å². The topological polar surface area (TPSA) is 259 Å². The molecule has 0 radical (unpaired) electrons. The second-order valence-electron chi connectivity index (χ2n) is 16.9. The molecule has 354 valence electrons. The van der Waals surface area contributed by atoms with Gasteiger partial charge in [0.05, 0.1) is 26.4 Å². The number of rotatable bonds is 19. The molecule has 0 unspecified atom stereocenters. The molecule has 0 spiro atoms. The highest BCUT2D eigenvalue weighted by molar-refractivity contribution is 6.99. The third kappa shape index (κ3) is 12.0. The van der Waals surface area contributed by atoms with Gasteiger partial charge in [0.2, 0.25) is 0 Å². The molecule has 5 rings (SSSR count). The lowest BCUT2D eigenvalue weighted by Gasteiger charge is -2.50. The van der Waals surface area contributed by atoms with Crippen molar-refractivity contribution in [3.05, 3.63) is 60.7 Å². The first-order valence-electron chi connectivity index (χ1n) is 21.1. The second-order valence-corrected chi connectivity index (χ2v) is 21.5. The van der Waals surface area contributed by atoms with Crippen molar-refractivity contribution in [2.24, 2.45) is 0 Å². The lowest BCUT2D eigenvalue weighted by atomic mass is 9.95. The zero-order chi connectivity index (χ0) is 46.1. The van der Waals surface area contributed by atoms with Gasteiger partial charge in [-0.1, -0.05) is 87.9 Å². The SMILES string of the molecule is COC(=O)CCCCCO[C@@H]1O[C@H](CO[Si](c2ccccc2)(c2ccccc2)C(C)(C)C)[C@H](O[C@@H]2O[C@@H](C)[C@@H](O)[C@@H](O)[C@@H]2O)[C@H](O[C@H]2O[C@H](CO)[C@@H](O)[C@H](O)[C@H]2O)[C@H]1OC(=O)CCl. The Bertz CT molecular complexity index is 1670. The number of carbonyl (C=O) groups is 2. The molecule has 3 fully saturated rings. The largest absolute Gasteiger partial charge is 0.469 e. The van der Waals surface area contributed by atoms with E-state index in [1.165, 1.54) is 14.0 Å². The summed E-state index contributed by atoms with van der Waals surface area (Å²) in [7, 11) is -2.05. The average Bonchev–Trinajstić information content (AvgIpc) is 3.27. The van der Waals surface area contributed by atoms with Crippen molar-refractivity contribution in [1.82, 2.24) is 0 Å². The molecule has 3 aliphatic heterocycles. The Kier molecular flexibility index (Phi) is 18.9. The lowest BCUT2D eigenvalue weighted by Crippen LogP contribution is -2.70. The van der Waals surface area contributed by atoms with Crippen molar-refractivity contribution in [3.63, 3.8) is 0 Å². The summed E-state index contributed by atoms with van der Waals surface area (Å²) in [4.78, 5) is 24.9. The molecule has 0 saturated carbocycles. The monoisotopic (exact) mass is 930 g/mol. The lowest BCUT2D eigenvalue weighted by molar-refractivity contribution is -0.385. The molecule has 0 bridgehead atoms. The molecule has 0 amide bonds. The third-order valence-electron chi connectivity index (χ3n) is 11.6. The van der Waals surface area contributed by atoms with Crippen molar-refractivity contribution in [3.8, 4) is 0 Å². The van der Waals surface area contributed by atoms with Crippen molar-refractivity contribution in [1.29, 1.82) is 0 Å². The van der Waals surface area contributed by atoms with Crippen LogP contribution in [0.1, 0.15) is 53.4 Å². The molecule has 3 saturated heterocycles. The second kappa shape index (κ2) is 23.2. The van der Waals surface area contributed by atoms with Crippen LogP contribution in [0.4, 0.5) is 0 Å². The minimum atomic E-state index is -3.35. The Morgan fingerprint density at radius 1 is 0.683 bits per heavy atom. The summed E-state index contributed by atoms with van der Waals surface area (Å²) >= 11 is 5.96. The normalized spacial score (nSPS) is 34.0. The van der Waals surface area contributed by atoms with Crippen molar-refractivity contribution in [2.45, 2.75) is 151 Å². The number of methoxy groups -OCH3 is 1. The first-order chi connectivity index (χ1) is 30.0. The van der Waals surface area contributed by atoms with E-state index in [1.54, 1.807) is 0 Å². The maximum Gasteiger partial charge on any atom is 0.321 e. The number of halogens is 1. The van der Waals surface area contributed by atoms with Gasteiger partial charge in [-0.05, 0) is 35.2 Å². The summed E-state index contributed by atoms with van der Waals surface area (Å²) in [5.41, 5.74) is 0. The number of benzene rings is 2. The summed E-state index contributed by atoms with van der Waals surface area (Å²) in [6.45, 7) is 6.58. The molecular formula is C43H63ClO18Si. The van der Waals surface area contributed by atoms with E-state index in [4.69, 9.17) is 53.9 Å². The van der Waals surface area contributed by atoms with E-state index >= 15 is 0 Å². The molecule has 0 aromatic heterocycles. The van der Waals surface area contributed by atoms with Gasteiger partial charge >= 0.3 is 11.9 Å². The van der Waals surface area contributed by atoms with Gasteiger partial charge in [0.15, 0.2) is 25.0 Å². The van der Waals surface area contributed by atoms with Crippen LogP contribution in [0.3, 0.4) is 0 Å². The Labute approximate surface area is 372 Å². The first kappa shape index (κ1) is 51.3. The maximum atomic E-state index is 13.1. The van der Waals surface area contributed by atoms with Gasteiger partial charge in [-0.2, -0.15) is 0 Å². The molecule has 20 heteroatoms. The summed E-state index contributed by atoms with van der Waals surface area (Å²) < 4.78 is 55.4. The summed E-state index contributed by atoms with van der Waals surface area (Å²) in [6, 6.07) is 19.4. The highest BCUT2D eigenvalue weighted by Gasteiger charge is 2.57. The number of carbonyl (C=O) groups excluding carboxylic acids is 2. The number of hydrogen-bond acceptors (Lipinski definition) is 18. The molecule has 0 aliphatic carbocycles. The Morgan fingerprint density at radius 3 is 1.79 bits per heavy atom. The Balaban J connectivity index is 1.63. The van der Waals surface area contributed by atoms with Crippen LogP contribution in [0.15, 0.2) is 60.7 Å². The number of aliphatic hydroxyl groups is 7. The minimum absolute atomic E-state index is 0.00733. The van der Waals surface area contributed by atoms with E-state index in [-0.39, 0.29) is 25.6 Å². The fourth-order valence-electron chi connectivity index (χ4n) is 8.21. The van der Waals surface area contributed by atoms with Gasteiger partial charge in [0.25, 0.3) is 8.32 Å². The number of esters is 2. The molecule has 2 aromatic rings. The third-order valence-corrected chi connectivity index (χ3v) is 16.8. The van der Waals surface area contributed by atoms with E-state index in [9.17, 15) is 45.3 Å². The molecule has 18 nitrogen and oxygen atoms in total. The summed E-state index contributed by atoms with van der Waals surface area (Å²) in [6.07, 6.45) is -22.6. The Hall–Kier alpha value is -2.67. The standard InChI is InChI=1S/C43H63ClO18Si/c1-24-31(48)33(50)35(52)40(57-24)61-37-28(23-56-63(43(2,3)4,25-15-9-6-10-16-25)26-17-11-7-12-18-26)59-42(55-20-14-8-13-19-29(46)54-5)39(60-30(47)21-44)38(37)62-41-36(53)34(51)32(49)27(22-45)58-41/h6-7,9-12,15-18,24,27-28,31-42,45,48-53H,8,13-14,19-23H2,1-5H3/t24-,27+,28+,31+,32+,33+,34-,35-,36+,37-,38-,39+,40-,41+,42+/m0/s1.